The van der Waals surface area contributed by atoms with Crippen molar-refractivity contribution in [3.63, 3.8) is 0 Å². The van der Waals surface area contributed by atoms with Crippen LogP contribution in [-0.4, -0.2) is 42.2 Å². The highest BCUT2D eigenvalue weighted by atomic mass is 35.5. The van der Waals surface area contributed by atoms with E-state index >= 15 is 0 Å². The molecule has 0 unspecified atom stereocenters. The standard InChI is InChI=1S/C21H22ClFN4O3/c22-14-5-7-16(20(19(14)23)27-8-10-30-11-9-27)24-18(28)3-1-2-13-4-6-15-17(12-13)26-21(29)25-15/h4-7,12H,1-3,8-11H2,(H,24,28)(H2,25,26,29). The number of carbonyl (C=O) groups excluding carboxylic acids is 1. The molecule has 0 atom stereocenters. The number of benzene rings is 2. The Morgan fingerprint density at radius 2 is 1.93 bits per heavy atom. The fraction of sp³-hybridized carbons (Fsp3) is 0.333. The summed E-state index contributed by atoms with van der Waals surface area (Å²) in [6.07, 6.45) is 1.59. The summed E-state index contributed by atoms with van der Waals surface area (Å²) in [5.74, 6) is -0.729. The second-order valence-electron chi connectivity index (χ2n) is 7.22. The van der Waals surface area contributed by atoms with Gasteiger partial charge in [0.2, 0.25) is 5.91 Å². The van der Waals surface area contributed by atoms with Gasteiger partial charge in [-0.2, -0.15) is 0 Å². The van der Waals surface area contributed by atoms with Crippen LogP contribution in [0.25, 0.3) is 11.0 Å². The number of aromatic nitrogens is 2. The average molecular weight is 433 g/mol. The van der Waals surface area contributed by atoms with Crippen LogP contribution in [0.15, 0.2) is 35.1 Å². The van der Waals surface area contributed by atoms with Crippen LogP contribution in [0.3, 0.4) is 0 Å². The first kappa shape index (κ1) is 20.4. The summed E-state index contributed by atoms with van der Waals surface area (Å²) in [6, 6.07) is 8.74. The van der Waals surface area contributed by atoms with Crippen molar-refractivity contribution < 1.29 is 13.9 Å². The highest BCUT2D eigenvalue weighted by Crippen LogP contribution is 2.34. The van der Waals surface area contributed by atoms with Crippen molar-refractivity contribution in [1.29, 1.82) is 0 Å². The van der Waals surface area contributed by atoms with Crippen LogP contribution in [0.2, 0.25) is 5.02 Å². The number of morpholine rings is 1. The van der Waals surface area contributed by atoms with Gasteiger partial charge in [-0.05, 0) is 42.7 Å². The first-order valence-corrected chi connectivity index (χ1v) is 10.2. The number of carbonyl (C=O) groups is 1. The number of amides is 1. The first-order chi connectivity index (χ1) is 14.5. The summed E-state index contributed by atoms with van der Waals surface area (Å²) in [5.41, 5.74) is 3.00. The van der Waals surface area contributed by atoms with Gasteiger partial charge < -0.3 is 24.9 Å². The molecule has 7 nitrogen and oxygen atoms in total. The molecule has 0 bridgehead atoms. The lowest BCUT2D eigenvalue weighted by Gasteiger charge is -2.31. The maximum Gasteiger partial charge on any atom is 0.323 e. The Labute approximate surface area is 177 Å². The van der Waals surface area contributed by atoms with E-state index in [2.05, 4.69) is 15.3 Å². The van der Waals surface area contributed by atoms with Crippen molar-refractivity contribution in [2.45, 2.75) is 19.3 Å². The third-order valence-electron chi connectivity index (χ3n) is 5.12. The number of H-pyrrole nitrogens is 2. The van der Waals surface area contributed by atoms with Gasteiger partial charge in [-0.3, -0.25) is 4.79 Å². The maximum absolute atomic E-state index is 14.7. The van der Waals surface area contributed by atoms with Gasteiger partial charge in [0, 0.05) is 19.5 Å². The Hall–Kier alpha value is -2.84. The van der Waals surface area contributed by atoms with Gasteiger partial charge in [0.05, 0.1) is 40.6 Å². The molecule has 3 aromatic rings. The number of fused-ring (bicyclic) bond motifs is 1. The summed E-state index contributed by atoms with van der Waals surface area (Å²) in [4.78, 5) is 31.1. The molecule has 1 aromatic heterocycles. The van der Waals surface area contributed by atoms with Crippen molar-refractivity contribution >= 4 is 39.9 Å². The summed E-state index contributed by atoms with van der Waals surface area (Å²) in [6.45, 7) is 2.06. The quantitative estimate of drug-likeness (QED) is 0.556. The van der Waals surface area contributed by atoms with Crippen molar-refractivity contribution in [3.8, 4) is 0 Å². The molecule has 30 heavy (non-hydrogen) atoms. The van der Waals surface area contributed by atoms with Gasteiger partial charge in [-0.1, -0.05) is 17.7 Å². The predicted octanol–water partition coefficient (Wildman–Crippen LogP) is 3.45. The van der Waals surface area contributed by atoms with Crippen LogP contribution in [-0.2, 0) is 16.0 Å². The minimum atomic E-state index is -0.537. The molecule has 1 fully saturated rings. The lowest BCUT2D eigenvalue weighted by molar-refractivity contribution is -0.116. The van der Waals surface area contributed by atoms with Crippen LogP contribution in [0.4, 0.5) is 15.8 Å². The van der Waals surface area contributed by atoms with Crippen molar-refractivity contribution in [3.05, 3.63) is 57.2 Å². The van der Waals surface area contributed by atoms with E-state index in [-0.39, 0.29) is 23.0 Å². The first-order valence-electron chi connectivity index (χ1n) is 9.83. The molecule has 3 N–H and O–H groups in total. The van der Waals surface area contributed by atoms with Crippen LogP contribution in [0.1, 0.15) is 18.4 Å². The molecular weight excluding hydrogens is 411 g/mol. The Kier molecular flexibility index (Phi) is 6.06. The predicted molar refractivity (Wildman–Crippen MR) is 115 cm³/mol. The maximum atomic E-state index is 14.7. The summed E-state index contributed by atoms with van der Waals surface area (Å²) in [5, 5.41) is 2.84. The van der Waals surface area contributed by atoms with E-state index in [1.807, 2.05) is 23.1 Å². The monoisotopic (exact) mass is 432 g/mol. The topological polar surface area (TPSA) is 90.2 Å². The zero-order chi connectivity index (χ0) is 21.1. The van der Waals surface area contributed by atoms with E-state index in [4.69, 9.17) is 16.3 Å². The molecular formula is C21H22ClFN4O3. The number of rotatable bonds is 6. The second-order valence-corrected chi connectivity index (χ2v) is 7.62. The Morgan fingerprint density at radius 1 is 1.17 bits per heavy atom. The summed E-state index contributed by atoms with van der Waals surface area (Å²) < 4.78 is 20.0. The molecule has 0 radical (unpaired) electrons. The minimum absolute atomic E-state index is 0.0210. The number of imidazole rings is 1. The summed E-state index contributed by atoms with van der Waals surface area (Å²) in [7, 11) is 0. The Balaban J connectivity index is 1.39. The minimum Gasteiger partial charge on any atom is -0.378 e. The largest absolute Gasteiger partial charge is 0.378 e. The average Bonchev–Trinajstić information content (AvgIpc) is 3.11. The lowest BCUT2D eigenvalue weighted by atomic mass is 10.1. The molecule has 9 heteroatoms. The highest BCUT2D eigenvalue weighted by molar-refractivity contribution is 6.31. The molecule has 2 heterocycles. The van der Waals surface area contributed by atoms with E-state index in [9.17, 15) is 14.0 Å². The molecule has 2 aromatic carbocycles. The van der Waals surface area contributed by atoms with Gasteiger partial charge >= 0.3 is 5.69 Å². The van der Waals surface area contributed by atoms with E-state index in [0.717, 1.165) is 16.6 Å². The fourth-order valence-electron chi connectivity index (χ4n) is 3.64. The number of aryl methyl sites for hydroxylation is 1. The van der Waals surface area contributed by atoms with Crippen molar-refractivity contribution in [1.82, 2.24) is 9.97 Å². The number of hydrogen-bond donors (Lipinski definition) is 3. The Bertz CT molecular complexity index is 1120. The second kappa shape index (κ2) is 8.89. The molecule has 1 amide bonds. The Morgan fingerprint density at radius 3 is 2.73 bits per heavy atom. The van der Waals surface area contributed by atoms with Crippen molar-refractivity contribution in [2.24, 2.45) is 0 Å². The molecule has 1 aliphatic rings. The van der Waals surface area contributed by atoms with E-state index in [0.29, 0.717) is 50.5 Å². The van der Waals surface area contributed by atoms with Crippen molar-refractivity contribution in [2.75, 3.05) is 36.5 Å². The summed E-state index contributed by atoms with van der Waals surface area (Å²) >= 11 is 5.97. The molecule has 0 spiro atoms. The van der Waals surface area contributed by atoms with Gasteiger partial charge in [-0.15, -0.1) is 0 Å². The molecule has 0 saturated carbocycles. The van der Waals surface area contributed by atoms with Crippen LogP contribution in [0.5, 0.6) is 0 Å². The number of aromatic amines is 2. The molecule has 1 aliphatic heterocycles. The lowest BCUT2D eigenvalue weighted by Crippen LogP contribution is -2.37. The fourth-order valence-corrected chi connectivity index (χ4v) is 3.79. The number of nitrogens with zero attached hydrogens (tertiary/aromatic N) is 1. The van der Waals surface area contributed by atoms with Crippen LogP contribution in [0, 0.1) is 5.82 Å². The van der Waals surface area contributed by atoms with E-state index < -0.39 is 5.82 Å². The smallest absolute Gasteiger partial charge is 0.323 e. The third-order valence-corrected chi connectivity index (χ3v) is 5.41. The molecule has 158 valence electrons. The van der Waals surface area contributed by atoms with Gasteiger partial charge in [0.1, 0.15) is 0 Å². The van der Waals surface area contributed by atoms with E-state index in [1.165, 1.54) is 6.07 Å². The zero-order valence-electron chi connectivity index (χ0n) is 16.3. The number of nitrogens with one attached hydrogen (secondary N) is 3. The SMILES string of the molecule is O=C(CCCc1ccc2[nH]c(=O)[nH]c2c1)Nc1ccc(Cl)c(F)c1N1CCOCC1. The van der Waals surface area contributed by atoms with Crippen LogP contribution < -0.4 is 15.9 Å². The molecule has 4 rings (SSSR count). The third kappa shape index (κ3) is 4.49. The van der Waals surface area contributed by atoms with Crippen LogP contribution >= 0.6 is 11.6 Å². The number of anilines is 2. The molecule has 0 aliphatic carbocycles. The van der Waals surface area contributed by atoms with Gasteiger partial charge in [0.15, 0.2) is 5.82 Å². The number of halogens is 2. The molecule has 1 saturated heterocycles. The van der Waals surface area contributed by atoms with E-state index in [1.54, 1.807) is 6.07 Å². The van der Waals surface area contributed by atoms with Gasteiger partial charge in [-0.25, -0.2) is 9.18 Å². The number of ether oxygens (including phenoxy) is 1. The van der Waals surface area contributed by atoms with Gasteiger partial charge in [0.25, 0.3) is 0 Å². The normalized spacial score (nSPS) is 14.3. The highest BCUT2D eigenvalue weighted by Gasteiger charge is 2.22. The number of hydrogen-bond acceptors (Lipinski definition) is 4. The zero-order valence-corrected chi connectivity index (χ0v) is 17.0.